The molecule has 0 aliphatic rings. The number of amides is 1. The molecule has 4 aromatic rings. The molecule has 0 atom stereocenters. The Bertz CT molecular complexity index is 1470. The highest BCUT2D eigenvalue weighted by molar-refractivity contribution is 6.06. The van der Waals surface area contributed by atoms with Crippen LogP contribution in [0.3, 0.4) is 0 Å². The molecule has 0 aliphatic carbocycles. The van der Waals surface area contributed by atoms with Crippen molar-refractivity contribution >= 4 is 17.4 Å². The van der Waals surface area contributed by atoms with Gasteiger partial charge in [0.25, 0.3) is 11.5 Å². The molecule has 11 heteroatoms. The van der Waals surface area contributed by atoms with Crippen molar-refractivity contribution in [2.75, 3.05) is 17.7 Å². The molecule has 3 heterocycles. The van der Waals surface area contributed by atoms with Crippen LogP contribution in [0.2, 0.25) is 0 Å². The summed E-state index contributed by atoms with van der Waals surface area (Å²) in [6.45, 7) is 2.18. The maximum atomic E-state index is 13.8. The summed E-state index contributed by atoms with van der Waals surface area (Å²) in [5.41, 5.74) is 5.95. The first-order valence-corrected chi connectivity index (χ1v) is 11.4. The van der Waals surface area contributed by atoms with Gasteiger partial charge in [0.2, 0.25) is 0 Å². The summed E-state index contributed by atoms with van der Waals surface area (Å²) in [7, 11) is 1.51. The highest BCUT2D eigenvalue weighted by atomic mass is 16.5. The van der Waals surface area contributed by atoms with E-state index in [0.717, 1.165) is 6.42 Å². The van der Waals surface area contributed by atoms with Crippen molar-refractivity contribution in [2.24, 2.45) is 0 Å². The van der Waals surface area contributed by atoms with E-state index in [-0.39, 0.29) is 30.3 Å². The predicted octanol–water partition coefficient (Wildman–Crippen LogP) is 2.82. The first-order valence-electron chi connectivity index (χ1n) is 11.4. The fraction of sp³-hybridized carbons (Fsp3) is 0.240. The van der Waals surface area contributed by atoms with Gasteiger partial charge in [-0.2, -0.15) is 0 Å². The van der Waals surface area contributed by atoms with Crippen molar-refractivity contribution in [1.29, 1.82) is 0 Å². The van der Waals surface area contributed by atoms with E-state index in [1.165, 1.54) is 22.6 Å². The minimum atomic E-state index is -0.788. The highest BCUT2D eigenvalue weighted by Crippen LogP contribution is 2.27. The minimum absolute atomic E-state index is 0.0474. The molecule has 11 nitrogen and oxygen atoms in total. The number of nitrogen functional groups attached to an aromatic ring is 1. The van der Waals surface area contributed by atoms with Crippen LogP contribution in [-0.4, -0.2) is 32.7 Å². The number of anilines is 2. The van der Waals surface area contributed by atoms with E-state index in [0.29, 0.717) is 29.1 Å². The molecule has 0 aliphatic heterocycles. The molecule has 0 bridgehead atoms. The zero-order valence-electron chi connectivity index (χ0n) is 19.9. The fourth-order valence-electron chi connectivity index (χ4n) is 3.79. The van der Waals surface area contributed by atoms with Gasteiger partial charge in [0.05, 0.1) is 13.7 Å². The summed E-state index contributed by atoms with van der Waals surface area (Å²) in [4.78, 5) is 46.8. The Labute approximate surface area is 206 Å². The average Bonchev–Trinajstić information content (AvgIpc) is 3.39. The van der Waals surface area contributed by atoms with Gasteiger partial charge >= 0.3 is 5.69 Å². The topological polar surface area (TPSA) is 149 Å². The molecular formula is C25H26N6O5. The van der Waals surface area contributed by atoms with E-state index in [1.54, 1.807) is 48.8 Å². The number of nitrogens with zero attached hydrogens (tertiary/aromatic N) is 4. The third-order valence-corrected chi connectivity index (χ3v) is 5.66. The standard InChI is InChI=1S/C25H26N6O5/c1-3-4-12-30-22(26)21(23(32)28-25(30)34)31(15-17-8-5-6-10-19(17)35-2)24(33)18-13-20(36-29-18)16-9-7-11-27-14-16/h5-11,13-14H,3-4,12,15,26H2,1-2H3,(H,28,32,34). The quantitative estimate of drug-likeness (QED) is 0.364. The van der Waals surface area contributed by atoms with Crippen LogP contribution in [0.4, 0.5) is 11.5 Å². The van der Waals surface area contributed by atoms with Gasteiger partial charge in [0.15, 0.2) is 17.1 Å². The maximum Gasteiger partial charge on any atom is 0.330 e. The number of aromatic amines is 1. The van der Waals surface area contributed by atoms with Crippen LogP contribution in [0.25, 0.3) is 11.3 Å². The van der Waals surface area contributed by atoms with E-state index in [1.807, 2.05) is 6.92 Å². The Balaban J connectivity index is 1.83. The van der Waals surface area contributed by atoms with Crippen LogP contribution >= 0.6 is 0 Å². The number of para-hydroxylation sites is 1. The van der Waals surface area contributed by atoms with Crippen LogP contribution in [0, 0.1) is 0 Å². The number of ether oxygens (including phenoxy) is 1. The van der Waals surface area contributed by atoms with Crippen molar-refractivity contribution in [2.45, 2.75) is 32.9 Å². The molecule has 0 spiro atoms. The summed E-state index contributed by atoms with van der Waals surface area (Å²) in [6, 6.07) is 12.0. The number of carbonyl (C=O) groups excluding carboxylic acids is 1. The van der Waals surface area contributed by atoms with Crippen molar-refractivity contribution in [3.8, 4) is 17.1 Å². The van der Waals surface area contributed by atoms with Crippen molar-refractivity contribution < 1.29 is 14.1 Å². The van der Waals surface area contributed by atoms with E-state index < -0.39 is 17.2 Å². The van der Waals surface area contributed by atoms with E-state index in [2.05, 4.69) is 15.1 Å². The lowest BCUT2D eigenvalue weighted by Crippen LogP contribution is -2.41. The van der Waals surface area contributed by atoms with Gasteiger partial charge in [-0.15, -0.1) is 0 Å². The summed E-state index contributed by atoms with van der Waals surface area (Å²) in [5.74, 6) is 0.0911. The molecule has 0 saturated carbocycles. The van der Waals surface area contributed by atoms with E-state index in [9.17, 15) is 14.4 Å². The van der Waals surface area contributed by atoms with Gasteiger partial charge in [-0.1, -0.05) is 36.7 Å². The number of benzene rings is 1. The molecule has 3 aromatic heterocycles. The second-order valence-corrected chi connectivity index (χ2v) is 8.02. The number of pyridine rings is 1. The summed E-state index contributed by atoms with van der Waals surface area (Å²) >= 11 is 0. The van der Waals surface area contributed by atoms with Crippen molar-refractivity contribution in [3.63, 3.8) is 0 Å². The molecule has 1 aromatic carbocycles. The zero-order valence-corrected chi connectivity index (χ0v) is 19.9. The van der Waals surface area contributed by atoms with Gasteiger partial charge in [-0.3, -0.25) is 29.0 Å². The molecule has 0 saturated heterocycles. The number of aromatic nitrogens is 4. The van der Waals surface area contributed by atoms with Crippen LogP contribution in [-0.2, 0) is 13.1 Å². The molecule has 4 rings (SSSR count). The van der Waals surface area contributed by atoms with Crippen LogP contribution < -0.4 is 26.6 Å². The number of H-pyrrole nitrogens is 1. The molecule has 186 valence electrons. The smallest absolute Gasteiger partial charge is 0.330 e. The van der Waals surface area contributed by atoms with Crippen LogP contribution in [0.15, 0.2) is 69.0 Å². The Morgan fingerprint density at radius 2 is 2.03 bits per heavy atom. The third kappa shape index (κ3) is 4.90. The van der Waals surface area contributed by atoms with Crippen molar-refractivity contribution in [3.05, 3.63) is 87.0 Å². The lowest BCUT2D eigenvalue weighted by Gasteiger charge is -2.24. The molecular weight excluding hydrogens is 464 g/mol. The third-order valence-electron chi connectivity index (χ3n) is 5.66. The van der Waals surface area contributed by atoms with Gasteiger partial charge in [0.1, 0.15) is 11.6 Å². The van der Waals surface area contributed by atoms with Gasteiger partial charge < -0.3 is 15.0 Å². The highest BCUT2D eigenvalue weighted by Gasteiger charge is 2.28. The molecule has 1 amide bonds. The van der Waals surface area contributed by atoms with E-state index in [4.69, 9.17) is 15.0 Å². The van der Waals surface area contributed by atoms with Gasteiger partial charge in [-0.05, 0) is 24.6 Å². The van der Waals surface area contributed by atoms with Crippen LogP contribution in [0.1, 0.15) is 35.8 Å². The Kier molecular flexibility index (Phi) is 7.28. The number of nitrogens with one attached hydrogen (secondary N) is 1. The largest absolute Gasteiger partial charge is 0.496 e. The Morgan fingerprint density at radius 3 is 2.75 bits per heavy atom. The number of hydrogen-bond acceptors (Lipinski definition) is 8. The maximum absolute atomic E-state index is 13.8. The normalized spacial score (nSPS) is 10.8. The first kappa shape index (κ1) is 24.5. The second kappa shape index (κ2) is 10.7. The Morgan fingerprint density at radius 1 is 1.22 bits per heavy atom. The lowest BCUT2D eigenvalue weighted by atomic mass is 10.1. The number of methoxy groups -OCH3 is 1. The lowest BCUT2D eigenvalue weighted by molar-refractivity contribution is 0.0976. The van der Waals surface area contributed by atoms with Crippen LogP contribution in [0.5, 0.6) is 5.75 Å². The SMILES string of the molecule is CCCCn1c(N)c(N(Cc2ccccc2OC)C(=O)c2cc(-c3cccnc3)on2)c(=O)[nH]c1=O. The monoisotopic (exact) mass is 490 g/mol. The average molecular weight is 491 g/mol. The first-order chi connectivity index (χ1) is 17.4. The number of unbranched alkanes of at least 4 members (excludes halogenated alkanes) is 1. The van der Waals surface area contributed by atoms with Gasteiger partial charge in [-0.25, -0.2) is 4.79 Å². The number of carbonyl (C=O) groups is 1. The number of hydrogen-bond donors (Lipinski definition) is 2. The van der Waals surface area contributed by atoms with E-state index >= 15 is 0 Å². The molecule has 36 heavy (non-hydrogen) atoms. The second-order valence-electron chi connectivity index (χ2n) is 8.02. The molecule has 3 N–H and O–H groups in total. The fourth-order valence-corrected chi connectivity index (χ4v) is 3.79. The molecule has 0 unspecified atom stereocenters. The summed E-state index contributed by atoms with van der Waals surface area (Å²) in [6.07, 6.45) is 4.66. The van der Waals surface area contributed by atoms with Gasteiger partial charge in [0, 0.05) is 36.1 Å². The Hall–Kier alpha value is -4.67. The van der Waals surface area contributed by atoms with Crippen molar-refractivity contribution in [1.82, 2.24) is 19.7 Å². The number of nitrogens with two attached hydrogens (primary N) is 1. The molecule has 0 fully saturated rings. The molecule has 0 radical (unpaired) electrons. The summed E-state index contributed by atoms with van der Waals surface area (Å²) in [5, 5.41) is 3.93. The predicted molar refractivity (Wildman–Crippen MR) is 134 cm³/mol. The number of rotatable bonds is 9. The zero-order chi connectivity index (χ0) is 25.7. The summed E-state index contributed by atoms with van der Waals surface area (Å²) < 4.78 is 12.1. The minimum Gasteiger partial charge on any atom is -0.496 e.